The molecule has 4 rings (SSSR count). The average Bonchev–Trinajstić information content (AvgIpc) is 3.22. The van der Waals surface area contributed by atoms with Crippen molar-refractivity contribution in [2.75, 3.05) is 19.6 Å². The third-order valence-electron chi connectivity index (χ3n) is 5.26. The van der Waals surface area contributed by atoms with Gasteiger partial charge in [0.25, 0.3) is 0 Å². The first-order valence-corrected chi connectivity index (χ1v) is 10.1. The van der Waals surface area contributed by atoms with E-state index in [0.717, 1.165) is 29.0 Å². The van der Waals surface area contributed by atoms with E-state index in [1.807, 2.05) is 0 Å². The Bertz CT molecular complexity index is 1030. The molecule has 0 aliphatic carbocycles. The molecule has 4 nitrogen and oxygen atoms in total. The Morgan fingerprint density at radius 1 is 1.04 bits per heavy atom. The lowest BCUT2D eigenvalue weighted by Crippen LogP contribution is -3.12. The highest BCUT2D eigenvalue weighted by atomic mass is 79.9. The van der Waals surface area contributed by atoms with Crippen molar-refractivity contribution in [2.45, 2.75) is 20.4 Å². The molecule has 2 aromatic carbocycles. The van der Waals surface area contributed by atoms with Gasteiger partial charge in [-0.15, -0.1) is 0 Å². The minimum Gasteiger partial charge on any atom is -0.333 e. The summed E-state index contributed by atoms with van der Waals surface area (Å²) in [5.41, 5.74) is 4.87. The van der Waals surface area contributed by atoms with Gasteiger partial charge < -0.3 is 4.90 Å². The van der Waals surface area contributed by atoms with Gasteiger partial charge in [-0.05, 0) is 38.1 Å². The first kappa shape index (κ1) is 17.3. The summed E-state index contributed by atoms with van der Waals surface area (Å²) in [4.78, 5) is 5.28. The largest absolute Gasteiger partial charge is 0.368 e. The maximum absolute atomic E-state index is 3.65. The number of halogens is 1. The topological polar surface area (TPSA) is 28.5 Å². The van der Waals surface area contributed by atoms with Crippen molar-refractivity contribution in [2.24, 2.45) is 0 Å². The molecule has 0 saturated carbocycles. The molecule has 0 aliphatic heterocycles. The van der Waals surface area contributed by atoms with Crippen LogP contribution in [0.3, 0.4) is 0 Å². The van der Waals surface area contributed by atoms with Crippen LogP contribution >= 0.6 is 15.9 Å². The van der Waals surface area contributed by atoms with Crippen molar-refractivity contribution in [3.05, 3.63) is 59.2 Å². The third-order valence-corrected chi connectivity index (χ3v) is 5.79. The minimum atomic E-state index is 1.01. The number of rotatable bonds is 6. The van der Waals surface area contributed by atoms with Crippen LogP contribution in [-0.2, 0) is 6.54 Å². The summed E-state index contributed by atoms with van der Waals surface area (Å²) >= 11 is 3.52. The van der Waals surface area contributed by atoms with E-state index in [9.17, 15) is 0 Å². The second-order valence-electron chi connectivity index (χ2n) is 6.72. The predicted octanol–water partition coefficient (Wildman–Crippen LogP) is 3.06. The quantitative estimate of drug-likeness (QED) is 0.455. The standard InChI is InChI=1S/C21H23BrN4/c1-3-24(4-2)13-14-25-19-7-5-6-8-20(19)26-15-18(23-21(25)26)16-9-11-17(22)12-10-16/h5-12,15H,3-4,13-14H2,1-2H3/p+2. The van der Waals surface area contributed by atoms with Crippen molar-refractivity contribution in [3.8, 4) is 11.3 Å². The SMILES string of the molecule is CC[NH+](CC)CC[n+]1c2ccccc2n2cc(-c3ccc(Br)cc3)[nH]c21. The monoisotopic (exact) mass is 412 g/mol. The van der Waals surface area contributed by atoms with Crippen LogP contribution < -0.4 is 9.47 Å². The van der Waals surface area contributed by atoms with Crippen molar-refractivity contribution >= 4 is 32.7 Å². The summed E-state index contributed by atoms with van der Waals surface area (Å²) in [5, 5.41) is 0. The van der Waals surface area contributed by atoms with Gasteiger partial charge >= 0.3 is 5.78 Å². The number of para-hydroxylation sites is 2. The lowest BCUT2D eigenvalue weighted by molar-refractivity contribution is -0.912. The summed E-state index contributed by atoms with van der Waals surface area (Å²) in [6, 6.07) is 17.1. The van der Waals surface area contributed by atoms with Gasteiger partial charge in [0.05, 0.1) is 13.1 Å². The molecule has 0 saturated heterocycles. The molecule has 0 amide bonds. The predicted molar refractivity (Wildman–Crippen MR) is 109 cm³/mol. The molecule has 0 bridgehead atoms. The Labute approximate surface area is 162 Å². The number of likely N-dealkylation sites (N-methyl/N-ethyl adjacent to an activating group) is 1. The fraction of sp³-hybridized carbons (Fsp3) is 0.286. The van der Waals surface area contributed by atoms with Crippen LogP contribution in [0.15, 0.2) is 59.2 Å². The Morgan fingerprint density at radius 3 is 2.50 bits per heavy atom. The first-order valence-electron chi connectivity index (χ1n) is 9.32. The van der Waals surface area contributed by atoms with E-state index in [1.165, 1.54) is 29.7 Å². The Hall–Kier alpha value is -2.11. The van der Waals surface area contributed by atoms with E-state index < -0.39 is 0 Å². The molecular weight excluding hydrogens is 388 g/mol. The van der Waals surface area contributed by atoms with Gasteiger partial charge in [-0.25, -0.2) is 9.55 Å². The number of hydrogen-bond acceptors (Lipinski definition) is 0. The summed E-state index contributed by atoms with van der Waals surface area (Å²) in [6.45, 7) is 9.00. The number of fused-ring (bicyclic) bond motifs is 3. The normalized spacial score (nSPS) is 11.8. The van der Waals surface area contributed by atoms with Crippen molar-refractivity contribution < 1.29 is 9.47 Å². The fourth-order valence-corrected chi connectivity index (χ4v) is 3.93. The molecule has 2 heterocycles. The van der Waals surface area contributed by atoms with Crippen molar-refractivity contribution in [1.82, 2.24) is 9.38 Å². The molecule has 2 N–H and O–H groups in total. The van der Waals surface area contributed by atoms with Gasteiger partial charge in [-0.3, -0.25) is 0 Å². The molecular formula is C21H25BrN4+2. The van der Waals surface area contributed by atoms with E-state index in [0.29, 0.717) is 0 Å². The van der Waals surface area contributed by atoms with Crippen LogP contribution in [0, 0.1) is 0 Å². The van der Waals surface area contributed by atoms with Crippen LogP contribution in [0.2, 0.25) is 0 Å². The van der Waals surface area contributed by atoms with Crippen molar-refractivity contribution in [3.63, 3.8) is 0 Å². The van der Waals surface area contributed by atoms with Gasteiger partial charge in [0.15, 0.2) is 0 Å². The second-order valence-corrected chi connectivity index (χ2v) is 7.63. The number of imidazole rings is 2. The van der Waals surface area contributed by atoms with Crippen LogP contribution in [0.4, 0.5) is 0 Å². The van der Waals surface area contributed by atoms with Gasteiger partial charge in [0, 0.05) is 10.0 Å². The zero-order chi connectivity index (χ0) is 18.1. The molecule has 26 heavy (non-hydrogen) atoms. The molecule has 5 heteroatoms. The maximum atomic E-state index is 3.65. The van der Waals surface area contributed by atoms with Crippen LogP contribution in [0.5, 0.6) is 0 Å². The zero-order valence-electron chi connectivity index (χ0n) is 15.3. The lowest BCUT2D eigenvalue weighted by Gasteiger charge is -2.14. The number of nitrogens with one attached hydrogen (secondary N) is 2. The summed E-state index contributed by atoms with van der Waals surface area (Å²) in [7, 11) is 0. The highest BCUT2D eigenvalue weighted by molar-refractivity contribution is 9.10. The van der Waals surface area contributed by atoms with E-state index in [4.69, 9.17) is 0 Å². The number of hydrogen-bond donors (Lipinski definition) is 2. The molecule has 0 spiro atoms. The Morgan fingerprint density at radius 2 is 1.77 bits per heavy atom. The first-order chi connectivity index (χ1) is 12.7. The number of nitrogens with zero attached hydrogens (tertiary/aromatic N) is 2. The fourth-order valence-electron chi connectivity index (χ4n) is 3.67. The summed E-state index contributed by atoms with van der Waals surface area (Å²) in [6.07, 6.45) is 2.21. The molecule has 2 aromatic heterocycles. The van der Waals surface area contributed by atoms with Gasteiger partial charge in [0.1, 0.15) is 36.0 Å². The number of aromatic nitrogens is 3. The maximum Gasteiger partial charge on any atom is 0.368 e. The molecule has 134 valence electrons. The number of H-pyrrole nitrogens is 1. The van der Waals surface area contributed by atoms with Crippen molar-refractivity contribution in [1.29, 1.82) is 0 Å². The third kappa shape index (κ3) is 3.06. The second kappa shape index (κ2) is 7.25. The zero-order valence-corrected chi connectivity index (χ0v) is 16.9. The van der Waals surface area contributed by atoms with Gasteiger partial charge in [0.2, 0.25) is 0 Å². The number of aromatic amines is 1. The molecule has 0 unspecified atom stereocenters. The average molecular weight is 413 g/mol. The highest BCUT2D eigenvalue weighted by Crippen LogP contribution is 2.23. The van der Waals surface area contributed by atoms with Gasteiger partial charge in [-0.2, -0.15) is 4.40 Å². The molecule has 0 aliphatic rings. The molecule has 4 aromatic rings. The van der Waals surface area contributed by atoms with E-state index in [1.54, 1.807) is 4.90 Å². The Balaban J connectivity index is 1.81. The summed E-state index contributed by atoms with van der Waals surface area (Å²) in [5.74, 6) is 1.15. The molecule has 0 radical (unpaired) electrons. The van der Waals surface area contributed by atoms with Gasteiger partial charge in [-0.1, -0.05) is 40.2 Å². The Kier molecular flexibility index (Phi) is 4.83. The van der Waals surface area contributed by atoms with Crippen LogP contribution in [-0.4, -0.2) is 29.0 Å². The number of quaternary nitrogens is 1. The van der Waals surface area contributed by atoms with E-state index in [-0.39, 0.29) is 0 Å². The highest BCUT2D eigenvalue weighted by Gasteiger charge is 2.22. The van der Waals surface area contributed by atoms with E-state index >= 15 is 0 Å². The van der Waals surface area contributed by atoms with E-state index in [2.05, 4.69) is 98.5 Å². The summed E-state index contributed by atoms with van der Waals surface area (Å²) < 4.78 is 5.80. The number of benzene rings is 2. The molecule has 0 atom stereocenters. The molecule has 0 fully saturated rings. The minimum absolute atomic E-state index is 1.01. The van der Waals surface area contributed by atoms with Crippen LogP contribution in [0.25, 0.3) is 28.1 Å². The smallest absolute Gasteiger partial charge is 0.333 e. The van der Waals surface area contributed by atoms with Crippen LogP contribution in [0.1, 0.15) is 13.8 Å². The lowest BCUT2D eigenvalue weighted by atomic mass is 10.2.